The summed E-state index contributed by atoms with van der Waals surface area (Å²) < 4.78 is 51.5. The van der Waals surface area contributed by atoms with Crippen LogP contribution in [0.2, 0.25) is 0 Å². The molecular weight excluding hydrogens is 236 g/mol. The van der Waals surface area contributed by atoms with Crippen LogP contribution >= 0.6 is 0 Å². The first-order chi connectivity index (χ1) is 7.91. The second kappa shape index (κ2) is 3.98. The SMILES string of the molecule is OCC1(c2cccc(C(F)(F)F)c2F)CCC1. The van der Waals surface area contributed by atoms with Crippen LogP contribution in [0.25, 0.3) is 0 Å². The van der Waals surface area contributed by atoms with Crippen molar-refractivity contribution in [2.75, 3.05) is 6.61 Å². The zero-order chi connectivity index (χ0) is 12.7. The summed E-state index contributed by atoms with van der Waals surface area (Å²) in [6, 6.07) is 3.25. The van der Waals surface area contributed by atoms with Crippen LogP contribution in [0.5, 0.6) is 0 Å². The van der Waals surface area contributed by atoms with Crippen LogP contribution in [0.3, 0.4) is 0 Å². The molecule has 0 aromatic heterocycles. The van der Waals surface area contributed by atoms with Crippen LogP contribution in [-0.2, 0) is 11.6 Å². The van der Waals surface area contributed by atoms with Gasteiger partial charge in [0.1, 0.15) is 5.82 Å². The Kier molecular flexibility index (Phi) is 2.89. The van der Waals surface area contributed by atoms with Gasteiger partial charge in [0.05, 0.1) is 12.2 Å². The third-order valence-electron chi connectivity index (χ3n) is 3.49. The van der Waals surface area contributed by atoms with E-state index in [1.807, 2.05) is 0 Å². The fourth-order valence-corrected chi connectivity index (χ4v) is 2.28. The van der Waals surface area contributed by atoms with Crippen molar-refractivity contribution in [1.29, 1.82) is 0 Å². The summed E-state index contributed by atoms with van der Waals surface area (Å²) in [5.41, 5.74) is -2.08. The number of aliphatic hydroxyl groups excluding tert-OH is 1. The van der Waals surface area contributed by atoms with Crippen molar-refractivity contribution in [2.45, 2.75) is 30.9 Å². The summed E-state index contributed by atoms with van der Waals surface area (Å²) in [5.74, 6) is -1.24. The first-order valence-corrected chi connectivity index (χ1v) is 5.38. The normalized spacial score (nSPS) is 18.9. The average Bonchev–Trinajstić information content (AvgIpc) is 2.17. The largest absolute Gasteiger partial charge is 0.419 e. The van der Waals surface area contributed by atoms with Gasteiger partial charge in [-0.05, 0) is 24.5 Å². The van der Waals surface area contributed by atoms with Crippen LogP contribution in [-0.4, -0.2) is 11.7 Å². The Morgan fingerprint density at radius 3 is 2.29 bits per heavy atom. The highest BCUT2D eigenvalue weighted by Crippen LogP contribution is 2.46. The van der Waals surface area contributed by atoms with Gasteiger partial charge >= 0.3 is 6.18 Å². The van der Waals surface area contributed by atoms with Crippen LogP contribution in [0.1, 0.15) is 30.4 Å². The van der Waals surface area contributed by atoms with Crippen molar-refractivity contribution in [1.82, 2.24) is 0 Å². The molecule has 1 nitrogen and oxygen atoms in total. The molecule has 1 aliphatic rings. The Hall–Kier alpha value is -1.10. The minimum Gasteiger partial charge on any atom is -0.395 e. The zero-order valence-corrected chi connectivity index (χ0v) is 9.02. The highest BCUT2D eigenvalue weighted by atomic mass is 19.4. The molecule has 94 valence electrons. The molecule has 1 N–H and O–H groups in total. The summed E-state index contributed by atoms with van der Waals surface area (Å²) in [5, 5.41) is 9.26. The number of benzene rings is 1. The smallest absolute Gasteiger partial charge is 0.395 e. The molecule has 0 atom stereocenters. The van der Waals surface area contributed by atoms with Gasteiger partial charge in [0, 0.05) is 5.41 Å². The van der Waals surface area contributed by atoms with E-state index in [9.17, 15) is 22.7 Å². The standard InChI is InChI=1S/C12H12F4O/c13-10-8(11(7-17)5-2-6-11)3-1-4-9(10)12(14,15)16/h1,3-4,17H,2,5-7H2. The molecule has 1 aromatic rings. The zero-order valence-electron chi connectivity index (χ0n) is 9.02. The van der Waals surface area contributed by atoms with E-state index in [4.69, 9.17) is 0 Å². The molecule has 0 amide bonds. The number of halogens is 4. The maximum absolute atomic E-state index is 13.8. The third-order valence-corrected chi connectivity index (χ3v) is 3.49. The predicted molar refractivity (Wildman–Crippen MR) is 54.0 cm³/mol. The quantitative estimate of drug-likeness (QED) is 0.796. The average molecular weight is 248 g/mol. The lowest BCUT2D eigenvalue weighted by molar-refractivity contribution is -0.140. The summed E-state index contributed by atoms with van der Waals surface area (Å²) in [6.07, 6.45) is -2.83. The van der Waals surface area contributed by atoms with Gasteiger partial charge in [0.2, 0.25) is 0 Å². The van der Waals surface area contributed by atoms with Crippen molar-refractivity contribution >= 4 is 0 Å². The van der Waals surface area contributed by atoms with Crippen molar-refractivity contribution in [3.05, 3.63) is 35.1 Å². The predicted octanol–water partition coefficient (Wildman–Crippen LogP) is 3.26. The second-order valence-corrected chi connectivity index (χ2v) is 4.46. The number of hydrogen-bond acceptors (Lipinski definition) is 1. The van der Waals surface area contributed by atoms with Crippen molar-refractivity contribution in [2.24, 2.45) is 0 Å². The monoisotopic (exact) mass is 248 g/mol. The molecule has 0 aliphatic heterocycles. The lowest BCUT2D eigenvalue weighted by atomic mass is 9.64. The Morgan fingerprint density at radius 1 is 1.24 bits per heavy atom. The first-order valence-electron chi connectivity index (χ1n) is 5.38. The molecule has 5 heteroatoms. The Morgan fingerprint density at radius 2 is 1.88 bits per heavy atom. The summed E-state index contributed by atoms with van der Waals surface area (Å²) in [7, 11) is 0. The molecule has 0 heterocycles. The number of alkyl halides is 3. The molecule has 1 aromatic carbocycles. The molecule has 1 fully saturated rings. The molecule has 2 rings (SSSR count). The van der Waals surface area contributed by atoms with Crippen molar-refractivity contribution in [3.8, 4) is 0 Å². The Labute approximate surface area is 96.1 Å². The van der Waals surface area contributed by atoms with Gasteiger partial charge < -0.3 is 5.11 Å². The molecule has 0 bridgehead atoms. The molecule has 1 aliphatic carbocycles. The van der Waals surface area contributed by atoms with E-state index in [0.717, 1.165) is 12.5 Å². The first kappa shape index (κ1) is 12.4. The summed E-state index contributed by atoms with van der Waals surface area (Å²) in [6.45, 7) is -0.314. The molecule has 0 radical (unpaired) electrons. The van der Waals surface area contributed by atoms with E-state index < -0.39 is 23.0 Å². The lowest BCUT2D eigenvalue weighted by Crippen LogP contribution is -2.39. The lowest BCUT2D eigenvalue weighted by Gasteiger charge is -2.41. The summed E-state index contributed by atoms with van der Waals surface area (Å²) >= 11 is 0. The van der Waals surface area contributed by atoms with E-state index >= 15 is 0 Å². The van der Waals surface area contributed by atoms with Gasteiger partial charge in [-0.2, -0.15) is 13.2 Å². The second-order valence-electron chi connectivity index (χ2n) is 4.46. The molecule has 0 unspecified atom stereocenters. The molecule has 17 heavy (non-hydrogen) atoms. The van der Waals surface area contributed by atoms with Gasteiger partial charge in [-0.15, -0.1) is 0 Å². The number of hydrogen-bond donors (Lipinski definition) is 1. The highest BCUT2D eigenvalue weighted by Gasteiger charge is 2.43. The van der Waals surface area contributed by atoms with Gasteiger partial charge in [-0.25, -0.2) is 4.39 Å². The van der Waals surface area contributed by atoms with Gasteiger partial charge in [0.15, 0.2) is 0 Å². The topological polar surface area (TPSA) is 20.2 Å². The van der Waals surface area contributed by atoms with E-state index in [-0.39, 0.29) is 12.2 Å². The van der Waals surface area contributed by atoms with Crippen LogP contribution < -0.4 is 0 Å². The van der Waals surface area contributed by atoms with E-state index in [1.165, 1.54) is 12.1 Å². The molecule has 0 spiro atoms. The van der Waals surface area contributed by atoms with Crippen molar-refractivity contribution < 1.29 is 22.7 Å². The van der Waals surface area contributed by atoms with Gasteiger partial charge in [0.25, 0.3) is 0 Å². The van der Waals surface area contributed by atoms with Gasteiger partial charge in [-0.1, -0.05) is 18.6 Å². The minimum absolute atomic E-state index is 0.0129. The summed E-state index contributed by atoms with van der Waals surface area (Å²) in [4.78, 5) is 0. The van der Waals surface area contributed by atoms with Crippen LogP contribution in [0.15, 0.2) is 18.2 Å². The molecule has 1 saturated carbocycles. The number of aliphatic hydroxyl groups is 1. The van der Waals surface area contributed by atoms with Crippen LogP contribution in [0.4, 0.5) is 17.6 Å². The van der Waals surface area contributed by atoms with Crippen molar-refractivity contribution in [3.63, 3.8) is 0 Å². The third kappa shape index (κ3) is 1.92. The minimum atomic E-state index is -4.69. The fraction of sp³-hybridized carbons (Fsp3) is 0.500. The van der Waals surface area contributed by atoms with E-state index in [0.29, 0.717) is 12.8 Å². The fourth-order valence-electron chi connectivity index (χ4n) is 2.28. The van der Waals surface area contributed by atoms with E-state index in [2.05, 4.69) is 0 Å². The Bertz CT molecular complexity index is 415. The molecular formula is C12H12F4O. The highest BCUT2D eigenvalue weighted by molar-refractivity contribution is 5.35. The van der Waals surface area contributed by atoms with E-state index in [1.54, 1.807) is 0 Å². The van der Waals surface area contributed by atoms with Crippen LogP contribution in [0, 0.1) is 5.82 Å². The Balaban J connectivity index is 2.50. The maximum atomic E-state index is 13.8. The van der Waals surface area contributed by atoms with Gasteiger partial charge in [-0.3, -0.25) is 0 Å². The molecule has 0 saturated heterocycles. The number of rotatable bonds is 2. The maximum Gasteiger partial charge on any atom is 0.419 e.